The Balaban J connectivity index is 3.23. The number of nitrogens with zero attached hydrogens (tertiary/aromatic N) is 3. The molecule has 0 spiro atoms. The van der Waals surface area contributed by atoms with E-state index < -0.39 is 0 Å². The molecule has 0 aliphatic carbocycles. The minimum Gasteiger partial charge on any atom is -0.338 e. The van der Waals surface area contributed by atoms with E-state index in [0.29, 0.717) is 0 Å². The summed E-state index contributed by atoms with van der Waals surface area (Å²) in [6.07, 6.45) is 0. The van der Waals surface area contributed by atoms with Crippen molar-refractivity contribution in [3.63, 3.8) is 0 Å². The first-order chi connectivity index (χ1) is 6.91. The molecular weight excluding hydrogens is 198 g/mol. The van der Waals surface area contributed by atoms with Crippen molar-refractivity contribution in [1.29, 1.82) is 0 Å². The first-order valence-electron chi connectivity index (χ1n) is 5.99. The Bertz CT molecular complexity index is 286. The Kier molecular flexibility index (Phi) is 2.82. The fourth-order valence-corrected chi connectivity index (χ4v) is 2.00. The van der Waals surface area contributed by atoms with Gasteiger partial charge in [-0.15, -0.1) is 0 Å². The Labute approximate surface area is 101 Å². The highest BCUT2D eigenvalue weighted by molar-refractivity contribution is 5.84. The van der Waals surface area contributed by atoms with E-state index >= 15 is 0 Å². The van der Waals surface area contributed by atoms with Gasteiger partial charge >= 0.3 is 0 Å². The zero-order chi connectivity index (χ0) is 12.9. The maximum absolute atomic E-state index is 4.83. The summed E-state index contributed by atoms with van der Waals surface area (Å²) in [4.78, 5) is 9.41. The number of hydrogen-bond donors (Lipinski definition) is 0. The predicted molar refractivity (Wildman–Crippen MR) is 70.9 cm³/mol. The van der Waals surface area contributed by atoms with Crippen molar-refractivity contribution < 1.29 is 0 Å². The molecule has 1 saturated heterocycles. The maximum Gasteiger partial charge on any atom is 0.197 e. The van der Waals surface area contributed by atoms with E-state index in [2.05, 4.69) is 72.4 Å². The second kappa shape index (κ2) is 3.38. The molecular formula is C13H27N3. The van der Waals surface area contributed by atoms with Crippen LogP contribution in [0, 0.1) is 0 Å². The molecule has 1 aliphatic rings. The molecule has 16 heavy (non-hydrogen) atoms. The first-order valence-corrected chi connectivity index (χ1v) is 5.99. The Morgan fingerprint density at radius 1 is 0.875 bits per heavy atom. The van der Waals surface area contributed by atoms with Gasteiger partial charge in [0.25, 0.3) is 0 Å². The molecule has 3 nitrogen and oxygen atoms in total. The van der Waals surface area contributed by atoms with Gasteiger partial charge in [-0.05, 0) is 48.5 Å². The molecule has 3 heteroatoms. The van der Waals surface area contributed by atoms with Crippen molar-refractivity contribution in [1.82, 2.24) is 9.80 Å². The summed E-state index contributed by atoms with van der Waals surface area (Å²) in [5.41, 5.74) is 0.145. The number of likely N-dealkylation sites (N-methyl/N-ethyl adjacent to an activating group) is 2. The lowest BCUT2D eigenvalue weighted by Crippen LogP contribution is -2.52. The molecule has 0 atom stereocenters. The standard InChI is InChI=1S/C13H27N3/c1-11(2,3)14-10-15(8)12(4,5)13(6,7)16(10)9/h1-9H3. The van der Waals surface area contributed by atoms with Crippen LogP contribution in [0.25, 0.3) is 0 Å². The van der Waals surface area contributed by atoms with Gasteiger partial charge in [0.05, 0.1) is 16.6 Å². The normalized spacial score (nSPS) is 23.9. The Morgan fingerprint density at radius 3 is 1.44 bits per heavy atom. The highest BCUT2D eigenvalue weighted by Crippen LogP contribution is 2.39. The largest absolute Gasteiger partial charge is 0.338 e. The van der Waals surface area contributed by atoms with Crippen molar-refractivity contribution in [3.8, 4) is 0 Å². The average molecular weight is 225 g/mol. The summed E-state index contributed by atoms with van der Waals surface area (Å²) in [6, 6.07) is 0. The summed E-state index contributed by atoms with van der Waals surface area (Å²) < 4.78 is 0. The second-order valence-corrected chi connectivity index (χ2v) is 6.82. The average Bonchev–Trinajstić information content (AvgIpc) is 2.17. The van der Waals surface area contributed by atoms with Crippen LogP contribution in [0.2, 0.25) is 0 Å². The van der Waals surface area contributed by atoms with Crippen molar-refractivity contribution >= 4 is 5.96 Å². The van der Waals surface area contributed by atoms with Crippen molar-refractivity contribution in [2.45, 2.75) is 65.1 Å². The molecule has 0 N–H and O–H groups in total. The zero-order valence-electron chi connectivity index (χ0n) is 12.3. The van der Waals surface area contributed by atoms with Gasteiger partial charge in [0.15, 0.2) is 5.96 Å². The number of guanidine groups is 1. The van der Waals surface area contributed by atoms with Crippen LogP contribution < -0.4 is 0 Å². The van der Waals surface area contributed by atoms with E-state index in [1.54, 1.807) is 0 Å². The van der Waals surface area contributed by atoms with Gasteiger partial charge in [-0.25, -0.2) is 4.99 Å². The van der Waals surface area contributed by atoms with Crippen LogP contribution in [0.15, 0.2) is 4.99 Å². The molecule has 1 aliphatic heterocycles. The Morgan fingerprint density at radius 2 is 1.19 bits per heavy atom. The van der Waals surface area contributed by atoms with Gasteiger partial charge in [0.2, 0.25) is 0 Å². The number of aliphatic imine (C=N–C) groups is 1. The van der Waals surface area contributed by atoms with Crippen LogP contribution in [-0.4, -0.2) is 46.5 Å². The van der Waals surface area contributed by atoms with Gasteiger partial charge in [0, 0.05) is 14.1 Å². The van der Waals surface area contributed by atoms with Crippen molar-refractivity contribution in [3.05, 3.63) is 0 Å². The summed E-state index contributed by atoms with van der Waals surface area (Å²) in [6.45, 7) is 15.5. The van der Waals surface area contributed by atoms with Crippen molar-refractivity contribution in [2.75, 3.05) is 14.1 Å². The van der Waals surface area contributed by atoms with Gasteiger partial charge in [-0.1, -0.05) is 0 Å². The third-order valence-electron chi connectivity index (χ3n) is 4.21. The van der Waals surface area contributed by atoms with E-state index in [1.807, 2.05) is 0 Å². The molecule has 0 aromatic heterocycles. The lowest BCUT2D eigenvalue weighted by Gasteiger charge is -2.40. The summed E-state index contributed by atoms with van der Waals surface area (Å²) in [7, 11) is 4.27. The van der Waals surface area contributed by atoms with Crippen LogP contribution in [0.5, 0.6) is 0 Å². The highest BCUT2D eigenvalue weighted by atomic mass is 15.5. The van der Waals surface area contributed by atoms with E-state index in [1.165, 1.54) is 0 Å². The van der Waals surface area contributed by atoms with E-state index in [4.69, 9.17) is 4.99 Å². The molecule has 1 heterocycles. The van der Waals surface area contributed by atoms with Crippen LogP contribution >= 0.6 is 0 Å². The molecule has 0 radical (unpaired) electrons. The van der Waals surface area contributed by atoms with Crippen LogP contribution in [0.3, 0.4) is 0 Å². The summed E-state index contributed by atoms with van der Waals surface area (Å²) in [5, 5.41) is 0. The van der Waals surface area contributed by atoms with Crippen LogP contribution in [0.1, 0.15) is 48.5 Å². The smallest absolute Gasteiger partial charge is 0.197 e. The molecule has 0 aromatic carbocycles. The molecule has 0 saturated carbocycles. The van der Waals surface area contributed by atoms with Gasteiger partial charge < -0.3 is 9.80 Å². The third kappa shape index (κ3) is 1.80. The van der Waals surface area contributed by atoms with Gasteiger partial charge in [-0.2, -0.15) is 0 Å². The van der Waals surface area contributed by atoms with Crippen LogP contribution in [0.4, 0.5) is 0 Å². The third-order valence-corrected chi connectivity index (χ3v) is 4.21. The van der Waals surface area contributed by atoms with E-state index in [9.17, 15) is 0 Å². The number of rotatable bonds is 0. The van der Waals surface area contributed by atoms with Crippen molar-refractivity contribution in [2.24, 2.45) is 4.99 Å². The summed E-state index contributed by atoms with van der Waals surface area (Å²) in [5.74, 6) is 1.09. The van der Waals surface area contributed by atoms with Crippen LogP contribution in [-0.2, 0) is 0 Å². The lowest BCUT2D eigenvalue weighted by atomic mass is 9.83. The quantitative estimate of drug-likeness (QED) is 0.631. The molecule has 1 fully saturated rings. The minimum absolute atomic E-state index is 0.0334. The maximum atomic E-state index is 4.83. The highest BCUT2D eigenvalue weighted by Gasteiger charge is 2.52. The molecule has 0 bridgehead atoms. The molecule has 0 amide bonds. The predicted octanol–water partition coefficient (Wildman–Crippen LogP) is 2.58. The minimum atomic E-state index is -0.0334. The molecule has 1 rings (SSSR count). The fraction of sp³-hybridized carbons (Fsp3) is 0.923. The van der Waals surface area contributed by atoms with Gasteiger partial charge in [0.1, 0.15) is 0 Å². The molecule has 94 valence electrons. The topological polar surface area (TPSA) is 18.8 Å². The van der Waals surface area contributed by atoms with Gasteiger partial charge in [-0.3, -0.25) is 0 Å². The van der Waals surface area contributed by atoms with E-state index in [-0.39, 0.29) is 16.6 Å². The monoisotopic (exact) mass is 225 g/mol. The molecule has 0 aromatic rings. The lowest BCUT2D eigenvalue weighted by molar-refractivity contribution is 0.134. The second-order valence-electron chi connectivity index (χ2n) is 6.82. The zero-order valence-corrected chi connectivity index (χ0v) is 12.3. The summed E-state index contributed by atoms with van der Waals surface area (Å²) >= 11 is 0. The SMILES string of the molecule is CN1C(=NC(C)(C)C)N(C)C(C)(C)C1(C)C. The number of hydrogen-bond acceptors (Lipinski definition) is 1. The first kappa shape index (κ1) is 13.3. The Hall–Kier alpha value is -0.730. The van der Waals surface area contributed by atoms with E-state index in [0.717, 1.165) is 5.96 Å². The molecule has 0 unspecified atom stereocenters. The fourth-order valence-electron chi connectivity index (χ4n) is 2.00.